The number of hydrogen-bond donors (Lipinski definition) is 3. The zero-order valence-electron chi connectivity index (χ0n) is 17.2. The third-order valence-electron chi connectivity index (χ3n) is 5.52. The molecule has 1 saturated heterocycles. The monoisotopic (exact) mass is 473 g/mol. The summed E-state index contributed by atoms with van der Waals surface area (Å²) in [7, 11) is 0. The molecule has 0 aliphatic carbocycles. The molecular weight excluding hydrogens is 453 g/mol. The summed E-state index contributed by atoms with van der Waals surface area (Å²) in [6.07, 6.45) is 1.23. The van der Waals surface area contributed by atoms with Gasteiger partial charge in [-0.15, -0.1) is 0 Å². The number of likely N-dealkylation sites (tertiary alicyclic amines) is 1. The highest BCUT2D eigenvalue weighted by Gasteiger charge is 2.34. The second-order valence-corrected chi connectivity index (χ2v) is 8.58. The smallest absolute Gasteiger partial charge is 0.256 e. The summed E-state index contributed by atoms with van der Waals surface area (Å²) in [5, 5.41) is 3.58. The van der Waals surface area contributed by atoms with E-state index in [1.54, 1.807) is 25.1 Å². The van der Waals surface area contributed by atoms with Gasteiger partial charge in [-0.2, -0.15) is 0 Å². The summed E-state index contributed by atoms with van der Waals surface area (Å²) in [6.45, 7) is 2.24. The minimum atomic E-state index is -0.638. The Balaban J connectivity index is 1.48. The fourth-order valence-electron chi connectivity index (χ4n) is 3.85. The Hall–Kier alpha value is -3.10. The standard InChI is InChI=1S/C22H21Cl2N5O3/c1-11(20-27-16-7-5-13(23)10-17(16)28-20)26-21(31)12-4-6-14(15(24)9-12)22(32)29-8-2-3-18(29)19(25)30/h4-7,9-11,18H,2-3,8H2,1H3,(H2,25,30)(H,26,31)(H,27,28)/t11-,18-/m1/s1. The first-order chi connectivity index (χ1) is 15.2. The Morgan fingerprint density at radius 1 is 1.22 bits per heavy atom. The van der Waals surface area contributed by atoms with E-state index in [-0.39, 0.29) is 22.4 Å². The predicted molar refractivity (Wildman–Crippen MR) is 122 cm³/mol. The van der Waals surface area contributed by atoms with Gasteiger partial charge in [-0.1, -0.05) is 23.2 Å². The molecule has 4 rings (SSSR count). The molecule has 8 nitrogen and oxygen atoms in total. The number of H-pyrrole nitrogens is 1. The van der Waals surface area contributed by atoms with Crippen molar-refractivity contribution >= 4 is 52.0 Å². The largest absolute Gasteiger partial charge is 0.368 e. The zero-order chi connectivity index (χ0) is 23.0. The summed E-state index contributed by atoms with van der Waals surface area (Å²) >= 11 is 12.3. The number of amides is 3. The van der Waals surface area contributed by atoms with Gasteiger partial charge in [-0.3, -0.25) is 14.4 Å². The Morgan fingerprint density at radius 2 is 2.00 bits per heavy atom. The van der Waals surface area contributed by atoms with E-state index < -0.39 is 18.0 Å². The topological polar surface area (TPSA) is 121 Å². The number of primary amides is 1. The van der Waals surface area contributed by atoms with Crippen LogP contribution in [0.15, 0.2) is 36.4 Å². The van der Waals surface area contributed by atoms with Gasteiger partial charge in [-0.05, 0) is 56.2 Å². The summed E-state index contributed by atoms with van der Waals surface area (Å²) in [6, 6.07) is 8.71. The number of aromatic amines is 1. The van der Waals surface area contributed by atoms with Crippen LogP contribution in [-0.2, 0) is 4.79 Å². The maximum absolute atomic E-state index is 12.8. The maximum atomic E-state index is 12.8. The molecule has 10 heteroatoms. The summed E-state index contributed by atoms with van der Waals surface area (Å²) in [4.78, 5) is 46.2. The van der Waals surface area contributed by atoms with Crippen molar-refractivity contribution in [3.8, 4) is 0 Å². The van der Waals surface area contributed by atoms with Gasteiger partial charge in [-0.25, -0.2) is 4.98 Å². The van der Waals surface area contributed by atoms with Crippen molar-refractivity contribution in [2.24, 2.45) is 5.73 Å². The molecule has 1 aromatic heterocycles. The molecule has 32 heavy (non-hydrogen) atoms. The Kier molecular flexibility index (Phi) is 6.08. The van der Waals surface area contributed by atoms with E-state index >= 15 is 0 Å². The molecule has 2 heterocycles. The number of hydrogen-bond acceptors (Lipinski definition) is 4. The van der Waals surface area contributed by atoms with Crippen LogP contribution in [0.4, 0.5) is 0 Å². The van der Waals surface area contributed by atoms with E-state index in [0.717, 1.165) is 11.0 Å². The molecule has 4 N–H and O–H groups in total. The van der Waals surface area contributed by atoms with E-state index in [0.29, 0.717) is 35.8 Å². The van der Waals surface area contributed by atoms with E-state index in [9.17, 15) is 14.4 Å². The normalized spacial score (nSPS) is 16.8. The first kappa shape index (κ1) is 22.1. The molecule has 0 unspecified atom stereocenters. The van der Waals surface area contributed by atoms with Gasteiger partial charge in [0.05, 0.1) is 27.7 Å². The van der Waals surface area contributed by atoms with Crippen LogP contribution < -0.4 is 11.1 Å². The molecule has 0 radical (unpaired) electrons. The highest BCUT2D eigenvalue weighted by atomic mass is 35.5. The number of aromatic nitrogens is 2. The number of carbonyl (C=O) groups excluding carboxylic acids is 3. The number of nitrogens with zero attached hydrogens (tertiary/aromatic N) is 2. The van der Waals surface area contributed by atoms with E-state index in [4.69, 9.17) is 28.9 Å². The molecule has 2 aromatic carbocycles. The Bertz CT molecular complexity index is 1230. The van der Waals surface area contributed by atoms with Gasteiger partial charge in [0.1, 0.15) is 11.9 Å². The number of fused-ring (bicyclic) bond motifs is 1. The third-order valence-corrected chi connectivity index (χ3v) is 6.07. The molecule has 1 fully saturated rings. The van der Waals surface area contributed by atoms with Crippen molar-refractivity contribution in [2.45, 2.75) is 31.8 Å². The van der Waals surface area contributed by atoms with Crippen LogP contribution in [0, 0.1) is 0 Å². The van der Waals surface area contributed by atoms with Crippen molar-refractivity contribution in [3.63, 3.8) is 0 Å². The maximum Gasteiger partial charge on any atom is 0.256 e. The van der Waals surface area contributed by atoms with Gasteiger partial charge < -0.3 is 20.9 Å². The molecule has 1 aliphatic heterocycles. The Labute approximate surface area is 194 Å². The quantitative estimate of drug-likeness (QED) is 0.525. The lowest BCUT2D eigenvalue weighted by Gasteiger charge is -2.22. The number of nitrogens with two attached hydrogens (primary N) is 1. The summed E-state index contributed by atoms with van der Waals surface area (Å²) in [5.74, 6) is -0.699. The molecule has 166 valence electrons. The molecule has 2 atom stereocenters. The third kappa shape index (κ3) is 4.28. The molecule has 3 aromatic rings. The second kappa shape index (κ2) is 8.80. The van der Waals surface area contributed by atoms with Crippen LogP contribution in [0.5, 0.6) is 0 Å². The molecular formula is C22H21Cl2N5O3. The van der Waals surface area contributed by atoms with Gasteiger partial charge >= 0.3 is 0 Å². The molecule has 3 amide bonds. The number of carbonyl (C=O) groups is 3. The lowest BCUT2D eigenvalue weighted by molar-refractivity contribution is -0.121. The van der Waals surface area contributed by atoms with Crippen molar-refractivity contribution in [1.29, 1.82) is 0 Å². The van der Waals surface area contributed by atoms with E-state index in [1.807, 2.05) is 0 Å². The Morgan fingerprint density at radius 3 is 2.72 bits per heavy atom. The van der Waals surface area contributed by atoms with Crippen molar-refractivity contribution in [3.05, 3.63) is 63.4 Å². The van der Waals surface area contributed by atoms with Gasteiger partial charge in [0.25, 0.3) is 11.8 Å². The summed E-state index contributed by atoms with van der Waals surface area (Å²) < 4.78 is 0. The highest BCUT2D eigenvalue weighted by molar-refractivity contribution is 6.34. The predicted octanol–water partition coefficient (Wildman–Crippen LogP) is 3.45. The van der Waals surface area contributed by atoms with Crippen LogP contribution in [0.1, 0.15) is 52.3 Å². The van der Waals surface area contributed by atoms with Gasteiger partial charge in [0.15, 0.2) is 0 Å². The van der Waals surface area contributed by atoms with Crippen LogP contribution in [-0.4, -0.2) is 45.2 Å². The zero-order valence-corrected chi connectivity index (χ0v) is 18.7. The molecule has 0 spiro atoms. The number of benzene rings is 2. The summed E-state index contributed by atoms with van der Waals surface area (Å²) in [5.41, 5.74) is 7.43. The fraction of sp³-hybridized carbons (Fsp3) is 0.273. The fourth-order valence-corrected chi connectivity index (χ4v) is 4.28. The second-order valence-electron chi connectivity index (χ2n) is 7.73. The van der Waals surface area contributed by atoms with Gasteiger partial charge in [0, 0.05) is 17.1 Å². The highest BCUT2D eigenvalue weighted by Crippen LogP contribution is 2.25. The van der Waals surface area contributed by atoms with Gasteiger partial charge in [0.2, 0.25) is 5.91 Å². The van der Waals surface area contributed by atoms with Crippen molar-refractivity contribution in [1.82, 2.24) is 20.2 Å². The van der Waals surface area contributed by atoms with E-state index in [1.165, 1.54) is 23.1 Å². The van der Waals surface area contributed by atoms with Crippen LogP contribution in [0.25, 0.3) is 11.0 Å². The number of halogens is 2. The number of imidazole rings is 1. The average Bonchev–Trinajstić information content (AvgIpc) is 3.40. The van der Waals surface area contributed by atoms with Crippen LogP contribution in [0.3, 0.4) is 0 Å². The van der Waals surface area contributed by atoms with Crippen molar-refractivity contribution < 1.29 is 14.4 Å². The first-order valence-corrected chi connectivity index (χ1v) is 10.9. The minimum Gasteiger partial charge on any atom is -0.368 e. The molecule has 0 saturated carbocycles. The average molecular weight is 474 g/mol. The van der Waals surface area contributed by atoms with Crippen LogP contribution >= 0.6 is 23.2 Å². The SMILES string of the molecule is C[C@@H](NC(=O)c1ccc(C(=O)N2CCC[C@@H]2C(N)=O)c(Cl)c1)c1nc2ccc(Cl)cc2[nH]1. The lowest BCUT2D eigenvalue weighted by Crippen LogP contribution is -2.43. The van der Waals surface area contributed by atoms with Crippen LogP contribution in [0.2, 0.25) is 10.0 Å². The molecule has 0 bridgehead atoms. The number of rotatable bonds is 5. The first-order valence-electron chi connectivity index (χ1n) is 10.1. The molecule has 1 aliphatic rings. The number of nitrogens with one attached hydrogen (secondary N) is 2. The minimum absolute atomic E-state index is 0.129. The van der Waals surface area contributed by atoms with Crippen molar-refractivity contribution in [2.75, 3.05) is 6.54 Å². The lowest BCUT2D eigenvalue weighted by atomic mass is 10.1. The van der Waals surface area contributed by atoms with E-state index in [2.05, 4.69) is 15.3 Å².